The van der Waals surface area contributed by atoms with Gasteiger partial charge in [0.15, 0.2) is 0 Å². The van der Waals surface area contributed by atoms with Crippen LogP contribution < -0.4 is 5.32 Å². The SMILES string of the molecule is CC(C)CCCNCC(O)COC1CCCC1. The molecule has 1 atom stereocenters. The van der Waals surface area contributed by atoms with Crippen molar-refractivity contribution in [1.82, 2.24) is 5.32 Å². The molecule has 1 rings (SSSR count). The average molecular weight is 243 g/mol. The summed E-state index contributed by atoms with van der Waals surface area (Å²) in [5.41, 5.74) is 0. The number of rotatable bonds is 9. The second kappa shape index (κ2) is 8.90. The van der Waals surface area contributed by atoms with Crippen LogP contribution >= 0.6 is 0 Å². The van der Waals surface area contributed by atoms with Crippen LogP contribution in [0.3, 0.4) is 0 Å². The minimum absolute atomic E-state index is 0.352. The molecule has 1 aliphatic carbocycles. The van der Waals surface area contributed by atoms with E-state index in [0.29, 0.717) is 19.3 Å². The van der Waals surface area contributed by atoms with Crippen molar-refractivity contribution in [2.24, 2.45) is 5.92 Å². The number of aliphatic hydroxyl groups is 1. The Bertz CT molecular complexity index is 179. The van der Waals surface area contributed by atoms with Crippen LogP contribution in [0, 0.1) is 5.92 Å². The number of aliphatic hydroxyl groups excluding tert-OH is 1. The van der Waals surface area contributed by atoms with Crippen molar-refractivity contribution in [1.29, 1.82) is 0 Å². The highest BCUT2D eigenvalue weighted by Crippen LogP contribution is 2.20. The van der Waals surface area contributed by atoms with Crippen molar-refractivity contribution in [2.75, 3.05) is 19.7 Å². The van der Waals surface area contributed by atoms with Crippen LogP contribution in [-0.4, -0.2) is 37.0 Å². The molecule has 2 N–H and O–H groups in total. The van der Waals surface area contributed by atoms with Crippen molar-refractivity contribution >= 4 is 0 Å². The van der Waals surface area contributed by atoms with Gasteiger partial charge >= 0.3 is 0 Å². The normalized spacial score (nSPS) is 19.1. The van der Waals surface area contributed by atoms with E-state index in [1.54, 1.807) is 0 Å². The molecule has 1 saturated carbocycles. The minimum atomic E-state index is -0.352. The van der Waals surface area contributed by atoms with E-state index in [2.05, 4.69) is 19.2 Å². The van der Waals surface area contributed by atoms with Crippen molar-refractivity contribution < 1.29 is 9.84 Å². The average Bonchev–Trinajstić information content (AvgIpc) is 2.78. The van der Waals surface area contributed by atoms with Gasteiger partial charge in [0.05, 0.1) is 18.8 Å². The highest BCUT2D eigenvalue weighted by molar-refractivity contribution is 4.68. The van der Waals surface area contributed by atoms with E-state index in [0.717, 1.165) is 12.5 Å². The molecule has 0 aromatic carbocycles. The number of hydrogen-bond donors (Lipinski definition) is 2. The molecule has 1 aliphatic rings. The molecule has 0 saturated heterocycles. The fraction of sp³-hybridized carbons (Fsp3) is 1.00. The Balaban J connectivity index is 1.88. The van der Waals surface area contributed by atoms with Gasteiger partial charge in [-0.3, -0.25) is 0 Å². The molecule has 0 spiro atoms. The van der Waals surface area contributed by atoms with Crippen molar-refractivity contribution in [3.8, 4) is 0 Å². The Hall–Kier alpha value is -0.120. The lowest BCUT2D eigenvalue weighted by Crippen LogP contribution is -2.32. The summed E-state index contributed by atoms with van der Waals surface area (Å²) >= 11 is 0. The zero-order valence-corrected chi connectivity index (χ0v) is 11.5. The van der Waals surface area contributed by atoms with Crippen molar-refractivity contribution in [3.63, 3.8) is 0 Å². The summed E-state index contributed by atoms with van der Waals surface area (Å²) < 4.78 is 5.67. The summed E-state index contributed by atoms with van der Waals surface area (Å²) in [7, 11) is 0. The van der Waals surface area contributed by atoms with E-state index in [1.807, 2.05) is 0 Å². The van der Waals surface area contributed by atoms with E-state index >= 15 is 0 Å². The first-order chi connectivity index (χ1) is 8.18. The molecule has 0 aromatic rings. The van der Waals surface area contributed by atoms with Gasteiger partial charge in [-0.25, -0.2) is 0 Å². The fourth-order valence-corrected chi connectivity index (χ4v) is 2.27. The molecule has 102 valence electrons. The zero-order chi connectivity index (χ0) is 12.5. The van der Waals surface area contributed by atoms with Crippen LogP contribution in [0.25, 0.3) is 0 Å². The first-order valence-corrected chi connectivity index (χ1v) is 7.19. The molecule has 0 radical (unpaired) electrons. The van der Waals surface area contributed by atoms with Crippen LogP contribution in [0.15, 0.2) is 0 Å². The van der Waals surface area contributed by atoms with Gasteiger partial charge in [0.25, 0.3) is 0 Å². The van der Waals surface area contributed by atoms with E-state index in [-0.39, 0.29) is 6.10 Å². The smallest absolute Gasteiger partial charge is 0.0897 e. The molecule has 0 aromatic heterocycles. The Labute approximate surface area is 106 Å². The van der Waals surface area contributed by atoms with Crippen molar-refractivity contribution in [2.45, 2.75) is 64.6 Å². The fourth-order valence-electron chi connectivity index (χ4n) is 2.27. The first kappa shape index (κ1) is 14.9. The summed E-state index contributed by atoms with van der Waals surface area (Å²) in [6.07, 6.45) is 7.42. The summed E-state index contributed by atoms with van der Waals surface area (Å²) in [5.74, 6) is 0.771. The molecule has 1 fully saturated rings. The summed E-state index contributed by atoms with van der Waals surface area (Å²) in [5, 5.41) is 13.0. The molecule has 17 heavy (non-hydrogen) atoms. The van der Waals surface area contributed by atoms with E-state index in [1.165, 1.54) is 38.5 Å². The Morgan fingerprint density at radius 1 is 1.29 bits per heavy atom. The maximum Gasteiger partial charge on any atom is 0.0897 e. The van der Waals surface area contributed by atoms with E-state index in [9.17, 15) is 5.11 Å². The van der Waals surface area contributed by atoms with Gasteiger partial charge in [0.2, 0.25) is 0 Å². The van der Waals surface area contributed by atoms with Crippen molar-refractivity contribution in [3.05, 3.63) is 0 Å². The monoisotopic (exact) mass is 243 g/mol. The van der Waals surface area contributed by atoms with Gasteiger partial charge in [-0.1, -0.05) is 26.7 Å². The van der Waals surface area contributed by atoms with Gasteiger partial charge in [-0.2, -0.15) is 0 Å². The maximum atomic E-state index is 9.73. The highest BCUT2D eigenvalue weighted by Gasteiger charge is 2.16. The lowest BCUT2D eigenvalue weighted by atomic mass is 10.1. The first-order valence-electron chi connectivity index (χ1n) is 7.19. The second-order valence-corrected chi connectivity index (χ2v) is 5.63. The van der Waals surface area contributed by atoms with E-state index in [4.69, 9.17) is 4.74 Å². The Kier molecular flexibility index (Phi) is 7.82. The zero-order valence-electron chi connectivity index (χ0n) is 11.5. The van der Waals surface area contributed by atoms with Gasteiger partial charge in [-0.05, 0) is 38.1 Å². The molecule has 3 heteroatoms. The Morgan fingerprint density at radius 3 is 2.65 bits per heavy atom. The predicted molar refractivity (Wildman–Crippen MR) is 71.2 cm³/mol. The standard InChI is InChI=1S/C14H29NO2/c1-12(2)6-5-9-15-10-13(16)11-17-14-7-3-4-8-14/h12-16H,3-11H2,1-2H3. The van der Waals surface area contributed by atoms with Crippen LogP contribution in [0.5, 0.6) is 0 Å². The lowest BCUT2D eigenvalue weighted by Gasteiger charge is -2.16. The third-order valence-electron chi connectivity index (χ3n) is 3.34. The van der Waals surface area contributed by atoms with Crippen LogP contribution in [0.2, 0.25) is 0 Å². The molecule has 1 unspecified atom stereocenters. The van der Waals surface area contributed by atoms with Crippen LogP contribution in [0.4, 0.5) is 0 Å². The van der Waals surface area contributed by atoms with E-state index < -0.39 is 0 Å². The Morgan fingerprint density at radius 2 is 2.00 bits per heavy atom. The summed E-state index contributed by atoms with van der Waals surface area (Å²) in [6.45, 7) is 6.62. The molecule has 0 bridgehead atoms. The molecular formula is C14H29NO2. The van der Waals surface area contributed by atoms with Gasteiger partial charge in [0.1, 0.15) is 0 Å². The third kappa shape index (κ3) is 7.74. The molecular weight excluding hydrogens is 214 g/mol. The maximum absolute atomic E-state index is 9.73. The number of nitrogens with one attached hydrogen (secondary N) is 1. The number of hydrogen-bond acceptors (Lipinski definition) is 3. The largest absolute Gasteiger partial charge is 0.389 e. The second-order valence-electron chi connectivity index (χ2n) is 5.63. The third-order valence-corrected chi connectivity index (χ3v) is 3.34. The molecule has 3 nitrogen and oxygen atoms in total. The molecule has 0 heterocycles. The van der Waals surface area contributed by atoms with Gasteiger partial charge < -0.3 is 15.2 Å². The quantitative estimate of drug-likeness (QED) is 0.611. The predicted octanol–water partition coefficient (Wildman–Crippen LogP) is 2.33. The highest BCUT2D eigenvalue weighted by atomic mass is 16.5. The van der Waals surface area contributed by atoms with Crippen LogP contribution in [-0.2, 0) is 4.74 Å². The summed E-state index contributed by atoms with van der Waals surface area (Å²) in [6, 6.07) is 0. The summed E-state index contributed by atoms with van der Waals surface area (Å²) in [4.78, 5) is 0. The van der Waals surface area contributed by atoms with Crippen LogP contribution in [0.1, 0.15) is 52.4 Å². The van der Waals surface area contributed by atoms with Gasteiger partial charge in [0, 0.05) is 6.54 Å². The minimum Gasteiger partial charge on any atom is -0.389 e. The van der Waals surface area contributed by atoms with Gasteiger partial charge in [-0.15, -0.1) is 0 Å². The topological polar surface area (TPSA) is 41.5 Å². The number of ether oxygens (including phenoxy) is 1. The molecule has 0 amide bonds. The molecule has 0 aliphatic heterocycles. The lowest BCUT2D eigenvalue weighted by molar-refractivity contribution is -0.00536.